The highest BCUT2D eigenvalue weighted by Gasteiger charge is 2.37. The number of nitrogens with one attached hydrogen (secondary N) is 2. The summed E-state index contributed by atoms with van der Waals surface area (Å²) in [4.78, 5) is 32.8. The summed E-state index contributed by atoms with van der Waals surface area (Å²) in [5, 5.41) is 32.4. The average Bonchev–Trinajstić information content (AvgIpc) is 3.41. The molecule has 8 nitrogen and oxygen atoms in total. The lowest BCUT2D eigenvalue weighted by molar-refractivity contribution is 0.0661. The molecular weight excluding hydrogens is 496 g/mol. The third kappa shape index (κ3) is 4.12. The number of H-pyrrole nitrogens is 2. The number of aliphatic hydroxyl groups excluding tert-OH is 1. The van der Waals surface area contributed by atoms with Crippen molar-refractivity contribution in [3.05, 3.63) is 76.5 Å². The highest BCUT2D eigenvalue weighted by Crippen LogP contribution is 2.51. The van der Waals surface area contributed by atoms with Crippen LogP contribution in [0.2, 0.25) is 0 Å². The van der Waals surface area contributed by atoms with Crippen molar-refractivity contribution in [1.82, 2.24) is 9.97 Å². The second kappa shape index (κ2) is 9.47. The van der Waals surface area contributed by atoms with E-state index in [1.54, 1.807) is 6.20 Å². The molecule has 1 aliphatic rings. The van der Waals surface area contributed by atoms with Gasteiger partial charge in [-0.05, 0) is 61.6 Å². The number of hydrogen-bond acceptors (Lipinski definition) is 5. The van der Waals surface area contributed by atoms with Crippen LogP contribution >= 0.6 is 0 Å². The van der Waals surface area contributed by atoms with Gasteiger partial charge >= 0.3 is 5.97 Å². The van der Waals surface area contributed by atoms with Crippen LogP contribution < -0.4 is 0 Å². The molecule has 1 atom stereocenters. The number of rotatable bonds is 9. The molecule has 0 radical (unpaired) electrons. The zero-order chi connectivity index (χ0) is 27.4. The van der Waals surface area contributed by atoms with Crippen LogP contribution in [-0.4, -0.2) is 43.6 Å². The van der Waals surface area contributed by atoms with Crippen molar-refractivity contribution in [2.75, 3.05) is 6.61 Å². The summed E-state index contributed by atoms with van der Waals surface area (Å²) in [5.41, 5.74) is 5.26. The van der Waals surface area contributed by atoms with Gasteiger partial charge in [-0.2, -0.15) is 0 Å². The number of para-hydroxylation sites is 1. The van der Waals surface area contributed by atoms with Gasteiger partial charge in [-0.3, -0.25) is 4.79 Å². The minimum atomic E-state index is -1.36. The number of hydrogen-bond donors (Lipinski definition) is 5. The molecule has 8 heteroatoms. The molecule has 200 valence electrons. The number of aromatic hydroxyl groups is 1. The van der Waals surface area contributed by atoms with Crippen molar-refractivity contribution in [2.24, 2.45) is 5.92 Å². The maximum atomic E-state index is 13.9. The largest absolute Gasteiger partial charge is 0.504 e. The number of carboxylic acid groups (broad SMARTS) is 1. The van der Waals surface area contributed by atoms with E-state index in [1.165, 1.54) is 0 Å². The molecule has 5 aromatic rings. The summed E-state index contributed by atoms with van der Waals surface area (Å²) < 4.78 is 5.68. The third-order valence-electron chi connectivity index (χ3n) is 7.85. The number of carbonyl (C=O) groups excluding carboxylic acids is 1. The molecule has 3 heterocycles. The molecule has 2 aromatic carbocycles. The maximum Gasteiger partial charge on any atom is 0.372 e. The Hall–Kier alpha value is -4.30. The zero-order valence-corrected chi connectivity index (χ0v) is 21.8. The molecule has 0 bridgehead atoms. The standard InChI is InChI=1S/C31H30N2O6/c1-15(14-34)7-9-17-10-8-16(2)22-20(13-32-25(17)22)27(35)30-28(36)24(29(39-30)31(37)38)23-19-5-3-4-6-21(19)33-26(23)18-11-12-18/h3-6,8,10,13,15,18,32-34,36H,7,9,11-12,14H2,1-2H3,(H,37,38). The Morgan fingerprint density at radius 2 is 1.87 bits per heavy atom. The van der Waals surface area contributed by atoms with E-state index in [4.69, 9.17) is 4.42 Å². The first-order valence-electron chi connectivity index (χ1n) is 13.2. The Bertz CT molecular complexity index is 1750. The first-order chi connectivity index (χ1) is 18.8. The third-order valence-corrected chi connectivity index (χ3v) is 7.85. The SMILES string of the molecule is Cc1ccc(CCC(C)CO)c2[nH]cc(C(=O)c3oc(C(=O)O)c(-c4c(C5CC5)[nH]c5ccccc45)c3O)c12. The Morgan fingerprint density at radius 1 is 1.10 bits per heavy atom. The molecule has 1 aliphatic carbocycles. The van der Waals surface area contributed by atoms with Crippen molar-refractivity contribution in [3.63, 3.8) is 0 Å². The van der Waals surface area contributed by atoms with Gasteiger partial charge in [-0.1, -0.05) is 37.3 Å². The van der Waals surface area contributed by atoms with Gasteiger partial charge in [0, 0.05) is 45.9 Å². The van der Waals surface area contributed by atoms with E-state index in [1.807, 2.05) is 50.2 Å². The van der Waals surface area contributed by atoms with Gasteiger partial charge in [-0.15, -0.1) is 0 Å². The Labute approximate surface area is 224 Å². The van der Waals surface area contributed by atoms with Crippen LogP contribution in [0.3, 0.4) is 0 Å². The van der Waals surface area contributed by atoms with Crippen LogP contribution in [0.5, 0.6) is 5.75 Å². The first kappa shape index (κ1) is 25.0. The summed E-state index contributed by atoms with van der Waals surface area (Å²) in [5.74, 6) is -2.90. The van der Waals surface area contributed by atoms with Gasteiger partial charge in [0.1, 0.15) is 0 Å². The number of furan rings is 1. The monoisotopic (exact) mass is 526 g/mol. The van der Waals surface area contributed by atoms with Gasteiger partial charge in [0.25, 0.3) is 0 Å². The van der Waals surface area contributed by atoms with Crippen LogP contribution in [0.4, 0.5) is 0 Å². The molecule has 3 aromatic heterocycles. The fraction of sp³-hybridized carbons (Fsp3) is 0.290. The molecule has 0 saturated heterocycles. The molecule has 1 saturated carbocycles. The number of carbonyl (C=O) groups is 2. The zero-order valence-electron chi connectivity index (χ0n) is 21.8. The molecule has 0 amide bonds. The van der Waals surface area contributed by atoms with Crippen molar-refractivity contribution >= 4 is 33.6 Å². The number of aliphatic hydroxyl groups is 1. The Balaban J connectivity index is 1.49. The van der Waals surface area contributed by atoms with Gasteiger partial charge < -0.3 is 29.7 Å². The summed E-state index contributed by atoms with van der Waals surface area (Å²) >= 11 is 0. The van der Waals surface area contributed by atoms with Crippen LogP contribution in [0.15, 0.2) is 47.0 Å². The van der Waals surface area contributed by atoms with Crippen LogP contribution in [0, 0.1) is 12.8 Å². The number of fused-ring (bicyclic) bond motifs is 2. The second-order valence-electron chi connectivity index (χ2n) is 10.7. The van der Waals surface area contributed by atoms with E-state index >= 15 is 0 Å². The van der Waals surface area contributed by atoms with Gasteiger partial charge in [0.2, 0.25) is 17.3 Å². The maximum absolute atomic E-state index is 13.9. The molecule has 6 rings (SSSR count). The van der Waals surface area contributed by atoms with E-state index in [9.17, 15) is 24.9 Å². The predicted molar refractivity (Wildman–Crippen MR) is 148 cm³/mol. The van der Waals surface area contributed by atoms with Gasteiger partial charge in [0.05, 0.1) is 11.1 Å². The summed E-state index contributed by atoms with van der Waals surface area (Å²) in [6, 6.07) is 11.5. The highest BCUT2D eigenvalue weighted by molar-refractivity contribution is 6.19. The lowest BCUT2D eigenvalue weighted by Crippen LogP contribution is -2.03. The molecular formula is C31H30N2O6. The Morgan fingerprint density at radius 3 is 2.59 bits per heavy atom. The van der Waals surface area contributed by atoms with E-state index in [2.05, 4.69) is 9.97 Å². The van der Waals surface area contributed by atoms with Crippen LogP contribution in [-0.2, 0) is 6.42 Å². The number of aromatic nitrogens is 2. The second-order valence-corrected chi connectivity index (χ2v) is 10.7. The molecule has 1 unspecified atom stereocenters. The van der Waals surface area contributed by atoms with Gasteiger partial charge in [0.15, 0.2) is 5.75 Å². The minimum absolute atomic E-state index is 0.0282. The number of aromatic carboxylic acids is 1. The number of aryl methyl sites for hydroxylation is 2. The lowest BCUT2D eigenvalue weighted by atomic mass is 9.95. The fourth-order valence-electron chi connectivity index (χ4n) is 5.55. The molecule has 0 aliphatic heterocycles. The van der Waals surface area contributed by atoms with E-state index in [-0.39, 0.29) is 24.0 Å². The molecule has 1 fully saturated rings. The van der Waals surface area contributed by atoms with E-state index in [0.717, 1.165) is 58.9 Å². The molecule has 39 heavy (non-hydrogen) atoms. The number of ketones is 1. The van der Waals surface area contributed by atoms with Crippen molar-refractivity contribution in [1.29, 1.82) is 0 Å². The van der Waals surface area contributed by atoms with Crippen LogP contribution in [0.25, 0.3) is 32.9 Å². The topological polar surface area (TPSA) is 140 Å². The number of aromatic amines is 2. The summed E-state index contributed by atoms with van der Waals surface area (Å²) in [6.45, 7) is 3.99. The van der Waals surface area contributed by atoms with Crippen molar-refractivity contribution in [2.45, 2.75) is 45.4 Å². The predicted octanol–water partition coefficient (Wildman–Crippen LogP) is 6.29. The average molecular weight is 527 g/mol. The van der Waals surface area contributed by atoms with Crippen molar-refractivity contribution in [3.8, 4) is 16.9 Å². The number of carboxylic acids is 1. The van der Waals surface area contributed by atoms with E-state index < -0.39 is 29.0 Å². The quantitative estimate of drug-likeness (QED) is 0.143. The number of benzene rings is 2. The minimum Gasteiger partial charge on any atom is -0.504 e. The lowest BCUT2D eigenvalue weighted by Gasteiger charge is -2.10. The normalized spacial score (nSPS) is 14.3. The first-order valence-corrected chi connectivity index (χ1v) is 13.2. The van der Waals surface area contributed by atoms with E-state index in [0.29, 0.717) is 16.5 Å². The highest BCUT2D eigenvalue weighted by atomic mass is 16.4. The van der Waals surface area contributed by atoms with Crippen molar-refractivity contribution < 1.29 is 29.3 Å². The van der Waals surface area contributed by atoms with Crippen LogP contribution in [0.1, 0.15) is 75.6 Å². The smallest absolute Gasteiger partial charge is 0.372 e. The molecule has 0 spiro atoms. The fourth-order valence-corrected chi connectivity index (χ4v) is 5.55. The van der Waals surface area contributed by atoms with Gasteiger partial charge in [-0.25, -0.2) is 4.79 Å². The summed E-state index contributed by atoms with van der Waals surface area (Å²) in [6.07, 6.45) is 5.01. The Kier molecular flexibility index (Phi) is 6.07. The molecule has 5 N–H and O–H groups in total. The summed E-state index contributed by atoms with van der Waals surface area (Å²) in [7, 11) is 0.